The molecule has 6 nitrogen and oxygen atoms in total. The summed E-state index contributed by atoms with van der Waals surface area (Å²) >= 11 is 0. The predicted octanol–water partition coefficient (Wildman–Crippen LogP) is 4.14. The quantitative estimate of drug-likeness (QED) is 0.513. The second-order valence-electron chi connectivity index (χ2n) is 9.05. The molecule has 0 bridgehead atoms. The maximum Gasteiger partial charge on any atom is 0.227 e. The number of aromatic nitrogens is 1. The summed E-state index contributed by atoms with van der Waals surface area (Å²) < 4.78 is 5.53. The fourth-order valence-electron chi connectivity index (χ4n) is 4.89. The van der Waals surface area contributed by atoms with Crippen LogP contribution in [0.4, 0.5) is 5.82 Å². The average Bonchev–Trinajstić information content (AvgIpc) is 2.86. The Kier molecular flexibility index (Phi) is 9.41. The van der Waals surface area contributed by atoms with Crippen LogP contribution in [0.3, 0.4) is 0 Å². The number of ether oxygens (including phenoxy) is 1. The molecule has 1 aliphatic heterocycles. The normalized spacial score (nSPS) is 17.0. The second kappa shape index (κ2) is 12.3. The van der Waals surface area contributed by atoms with Crippen molar-refractivity contribution in [3.8, 4) is 0 Å². The highest BCUT2D eigenvalue weighted by molar-refractivity contribution is 5.93. The molecule has 2 heterocycles. The van der Waals surface area contributed by atoms with Crippen molar-refractivity contribution in [3.05, 3.63) is 59.8 Å². The number of anilines is 1. The van der Waals surface area contributed by atoms with Gasteiger partial charge in [0.2, 0.25) is 5.91 Å². The van der Waals surface area contributed by atoms with Crippen molar-refractivity contribution in [3.63, 3.8) is 0 Å². The molecule has 0 N–H and O–H groups in total. The van der Waals surface area contributed by atoms with Crippen LogP contribution in [-0.2, 0) is 16.1 Å². The molecule has 0 radical (unpaired) electrons. The Balaban J connectivity index is 1.80. The predicted molar refractivity (Wildman–Crippen MR) is 134 cm³/mol. The Hall–Kier alpha value is -2.28. The monoisotopic (exact) mass is 452 g/mol. The van der Waals surface area contributed by atoms with Gasteiger partial charge in [0.05, 0.1) is 0 Å². The maximum atomic E-state index is 13.1. The van der Waals surface area contributed by atoms with Crippen molar-refractivity contribution >= 4 is 11.7 Å². The Bertz CT molecular complexity index is 867. The van der Waals surface area contributed by atoms with Gasteiger partial charge >= 0.3 is 0 Å². The number of nitrogens with zero attached hydrogens (tertiary/aromatic N) is 4. The first-order valence-corrected chi connectivity index (χ1v) is 12.2. The van der Waals surface area contributed by atoms with Gasteiger partial charge in [0.15, 0.2) is 0 Å². The molecule has 6 heteroatoms. The van der Waals surface area contributed by atoms with Crippen molar-refractivity contribution in [1.29, 1.82) is 0 Å². The van der Waals surface area contributed by atoms with Gasteiger partial charge in [0.1, 0.15) is 5.82 Å². The van der Waals surface area contributed by atoms with Gasteiger partial charge in [0, 0.05) is 71.1 Å². The maximum absolute atomic E-state index is 13.1. The highest BCUT2D eigenvalue weighted by atomic mass is 16.5. The van der Waals surface area contributed by atoms with E-state index in [2.05, 4.69) is 52.0 Å². The van der Waals surface area contributed by atoms with Gasteiger partial charge in [-0.15, -0.1) is 0 Å². The van der Waals surface area contributed by atoms with E-state index in [-0.39, 0.29) is 11.4 Å². The third kappa shape index (κ3) is 6.40. The first-order chi connectivity index (χ1) is 16.0. The minimum atomic E-state index is -0.149. The number of methoxy groups -OCH3 is 1. The lowest BCUT2D eigenvalue weighted by atomic mass is 9.88. The molecule has 1 aromatic heterocycles. The van der Waals surface area contributed by atoms with Crippen LogP contribution >= 0.6 is 0 Å². The van der Waals surface area contributed by atoms with Crippen LogP contribution in [0.1, 0.15) is 44.2 Å². The summed E-state index contributed by atoms with van der Waals surface area (Å²) in [4.78, 5) is 24.7. The van der Waals surface area contributed by atoms with Gasteiger partial charge in [-0.1, -0.05) is 50.2 Å². The summed E-state index contributed by atoms with van der Waals surface area (Å²) in [6.07, 6.45) is 4.08. The largest absolute Gasteiger partial charge is 0.385 e. The van der Waals surface area contributed by atoms with Gasteiger partial charge in [-0.3, -0.25) is 19.5 Å². The van der Waals surface area contributed by atoms with E-state index in [1.54, 1.807) is 13.3 Å². The molecular weight excluding hydrogens is 412 g/mol. The van der Waals surface area contributed by atoms with Crippen LogP contribution in [0.5, 0.6) is 0 Å². The number of rotatable bonds is 11. The van der Waals surface area contributed by atoms with Crippen molar-refractivity contribution in [1.82, 2.24) is 14.8 Å². The summed E-state index contributed by atoms with van der Waals surface area (Å²) in [5.41, 5.74) is 2.24. The molecule has 1 aliphatic rings. The summed E-state index contributed by atoms with van der Waals surface area (Å²) in [5, 5.41) is 0. The van der Waals surface area contributed by atoms with Crippen molar-refractivity contribution < 1.29 is 9.53 Å². The van der Waals surface area contributed by atoms with Gasteiger partial charge in [-0.05, 0) is 37.0 Å². The molecule has 1 aromatic carbocycles. The zero-order chi connectivity index (χ0) is 23.7. The van der Waals surface area contributed by atoms with Gasteiger partial charge < -0.3 is 4.74 Å². The van der Waals surface area contributed by atoms with E-state index in [1.807, 2.05) is 30.9 Å². The number of hydrogen-bond donors (Lipinski definition) is 0. The smallest absolute Gasteiger partial charge is 0.227 e. The standard InChI is InChI=1S/C27H40N4O2/c1-5-25(32)31(26-23(3)11-10-15-28-26)22-27(6-2,14-20-33-4)30-18-16-29(17-19-30)21-24-12-8-7-9-13-24/h7-13,15H,5-6,14,16-22H2,1-4H3. The summed E-state index contributed by atoms with van der Waals surface area (Å²) in [6.45, 7) is 12.5. The minimum absolute atomic E-state index is 0.120. The number of aryl methyl sites for hydroxylation is 1. The SMILES string of the molecule is CCC(=O)N(CC(CC)(CCOC)N1CCN(Cc2ccccc2)CC1)c1ncccc1C. The third-order valence-corrected chi connectivity index (χ3v) is 7.02. The highest BCUT2D eigenvalue weighted by Gasteiger charge is 2.40. The Morgan fingerprint density at radius 2 is 1.82 bits per heavy atom. The molecule has 0 saturated carbocycles. The molecule has 33 heavy (non-hydrogen) atoms. The van der Waals surface area contributed by atoms with Gasteiger partial charge in [-0.25, -0.2) is 4.98 Å². The zero-order valence-electron chi connectivity index (χ0n) is 20.8. The number of amides is 1. The van der Waals surface area contributed by atoms with Crippen LogP contribution < -0.4 is 4.90 Å². The van der Waals surface area contributed by atoms with Crippen LogP contribution in [0.25, 0.3) is 0 Å². The first-order valence-electron chi connectivity index (χ1n) is 12.2. The molecular formula is C27H40N4O2. The van der Waals surface area contributed by atoms with Crippen molar-refractivity contribution in [2.24, 2.45) is 0 Å². The lowest BCUT2D eigenvalue weighted by Crippen LogP contribution is -2.62. The van der Waals surface area contributed by atoms with E-state index in [9.17, 15) is 4.79 Å². The molecule has 1 fully saturated rings. The molecule has 1 unspecified atom stereocenters. The van der Waals surface area contributed by atoms with E-state index in [1.165, 1.54) is 5.56 Å². The molecule has 1 saturated heterocycles. The van der Waals surface area contributed by atoms with E-state index < -0.39 is 0 Å². The molecule has 0 spiro atoms. The van der Waals surface area contributed by atoms with Crippen molar-refractivity contribution in [2.45, 2.75) is 52.1 Å². The number of piperazine rings is 1. The molecule has 3 rings (SSSR count). The molecule has 1 amide bonds. The highest BCUT2D eigenvalue weighted by Crippen LogP contribution is 2.30. The fourth-order valence-corrected chi connectivity index (χ4v) is 4.89. The Labute approximate surface area is 199 Å². The second-order valence-corrected chi connectivity index (χ2v) is 9.05. The number of carbonyl (C=O) groups excluding carboxylic acids is 1. The molecule has 180 valence electrons. The number of carbonyl (C=O) groups is 1. The van der Waals surface area contributed by atoms with Crippen LogP contribution in [-0.4, -0.2) is 72.7 Å². The van der Waals surface area contributed by atoms with Crippen LogP contribution in [0, 0.1) is 6.92 Å². The lowest BCUT2D eigenvalue weighted by Gasteiger charge is -2.49. The summed E-state index contributed by atoms with van der Waals surface area (Å²) in [7, 11) is 1.76. The van der Waals surface area contributed by atoms with Crippen LogP contribution in [0.2, 0.25) is 0 Å². The van der Waals surface area contributed by atoms with Crippen molar-refractivity contribution in [2.75, 3.05) is 51.3 Å². The number of benzene rings is 1. The molecule has 2 aromatic rings. The topological polar surface area (TPSA) is 48.9 Å². The Morgan fingerprint density at radius 1 is 1.09 bits per heavy atom. The number of pyridine rings is 1. The van der Waals surface area contributed by atoms with E-state index in [0.717, 1.165) is 56.9 Å². The average molecular weight is 453 g/mol. The van der Waals surface area contributed by atoms with E-state index in [4.69, 9.17) is 4.74 Å². The minimum Gasteiger partial charge on any atom is -0.385 e. The zero-order valence-corrected chi connectivity index (χ0v) is 20.8. The van der Waals surface area contributed by atoms with E-state index >= 15 is 0 Å². The molecule has 1 atom stereocenters. The fraction of sp³-hybridized carbons (Fsp3) is 0.556. The van der Waals surface area contributed by atoms with E-state index in [0.29, 0.717) is 19.6 Å². The Morgan fingerprint density at radius 3 is 2.42 bits per heavy atom. The summed E-state index contributed by atoms with van der Waals surface area (Å²) in [5.74, 6) is 0.900. The van der Waals surface area contributed by atoms with Gasteiger partial charge in [-0.2, -0.15) is 0 Å². The first kappa shape index (κ1) is 25.3. The number of hydrogen-bond acceptors (Lipinski definition) is 5. The summed E-state index contributed by atoms with van der Waals surface area (Å²) in [6, 6.07) is 14.6. The van der Waals surface area contributed by atoms with Crippen LogP contribution in [0.15, 0.2) is 48.7 Å². The third-order valence-electron chi connectivity index (χ3n) is 7.02. The molecule has 0 aliphatic carbocycles. The lowest BCUT2D eigenvalue weighted by molar-refractivity contribution is -0.119. The van der Waals surface area contributed by atoms with Gasteiger partial charge in [0.25, 0.3) is 0 Å².